The van der Waals surface area contributed by atoms with E-state index >= 15 is 0 Å². The van der Waals surface area contributed by atoms with Crippen LogP contribution in [0.5, 0.6) is 0 Å². The van der Waals surface area contributed by atoms with Gasteiger partial charge in [-0.15, -0.1) is 0 Å². The Morgan fingerprint density at radius 1 is 0.600 bits per heavy atom. The zero-order chi connectivity index (χ0) is 22.8. The van der Waals surface area contributed by atoms with Crippen molar-refractivity contribution in [3.8, 4) is 0 Å². The molecule has 0 radical (unpaired) electrons. The van der Waals surface area contributed by atoms with Crippen LogP contribution in [0.1, 0.15) is 119 Å². The molecule has 0 N–H and O–H groups in total. The first-order valence-electron chi connectivity index (χ1n) is 12.6. The number of hydrogen-bond donors (Lipinski definition) is 0. The summed E-state index contributed by atoms with van der Waals surface area (Å²) in [5.74, 6) is 1.15. The van der Waals surface area contributed by atoms with Crippen molar-refractivity contribution in [2.24, 2.45) is 23.7 Å². The first-order valence-corrected chi connectivity index (χ1v) is 12.6. The molecule has 0 aliphatic carbocycles. The molecule has 1 unspecified atom stereocenters. The topological polar surface area (TPSA) is 52.6 Å². The van der Waals surface area contributed by atoms with Crippen LogP contribution in [-0.4, -0.2) is 25.2 Å². The van der Waals surface area contributed by atoms with Gasteiger partial charge in [-0.05, 0) is 30.6 Å². The fourth-order valence-corrected chi connectivity index (χ4v) is 3.46. The molecule has 0 aromatic heterocycles. The van der Waals surface area contributed by atoms with E-state index in [2.05, 4.69) is 41.5 Å². The van der Waals surface area contributed by atoms with Crippen molar-refractivity contribution in [3.05, 3.63) is 0 Å². The van der Waals surface area contributed by atoms with Gasteiger partial charge in [-0.1, -0.05) is 99.3 Å². The van der Waals surface area contributed by atoms with E-state index in [-0.39, 0.29) is 17.9 Å². The molecule has 4 nitrogen and oxygen atoms in total. The summed E-state index contributed by atoms with van der Waals surface area (Å²) < 4.78 is 10.6. The van der Waals surface area contributed by atoms with E-state index in [1.165, 1.54) is 44.9 Å². The SMILES string of the molecule is CC(C)COC(=O)CCCCCCCCCCCCC(C(=O)OCC(C)C)C(C)C. The first-order chi connectivity index (χ1) is 14.2. The highest BCUT2D eigenvalue weighted by Crippen LogP contribution is 2.21. The molecule has 30 heavy (non-hydrogen) atoms. The zero-order valence-corrected chi connectivity index (χ0v) is 20.8. The summed E-state index contributed by atoms with van der Waals surface area (Å²) in [7, 11) is 0. The maximum atomic E-state index is 12.3. The lowest BCUT2D eigenvalue weighted by Crippen LogP contribution is -2.24. The van der Waals surface area contributed by atoms with Gasteiger partial charge in [0.1, 0.15) is 0 Å². The van der Waals surface area contributed by atoms with Gasteiger partial charge in [-0.25, -0.2) is 0 Å². The molecule has 0 aliphatic rings. The smallest absolute Gasteiger partial charge is 0.309 e. The Morgan fingerprint density at radius 2 is 1.03 bits per heavy atom. The number of esters is 2. The Balaban J connectivity index is 3.55. The quantitative estimate of drug-likeness (QED) is 0.160. The van der Waals surface area contributed by atoms with E-state index in [0.717, 1.165) is 25.7 Å². The van der Waals surface area contributed by atoms with E-state index in [0.29, 0.717) is 37.4 Å². The van der Waals surface area contributed by atoms with Crippen molar-refractivity contribution >= 4 is 11.9 Å². The molecule has 0 saturated heterocycles. The second-order valence-corrected chi connectivity index (χ2v) is 10.0. The van der Waals surface area contributed by atoms with Gasteiger partial charge in [-0.3, -0.25) is 9.59 Å². The van der Waals surface area contributed by atoms with Gasteiger partial charge in [0.25, 0.3) is 0 Å². The first kappa shape index (κ1) is 28.9. The van der Waals surface area contributed by atoms with E-state index in [4.69, 9.17) is 9.47 Å². The van der Waals surface area contributed by atoms with Gasteiger partial charge in [0, 0.05) is 6.42 Å². The Bertz CT molecular complexity index is 429. The lowest BCUT2D eigenvalue weighted by atomic mass is 9.90. The van der Waals surface area contributed by atoms with Gasteiger partial charge in [0.2, 0.25) is 0 Å². The standard InChI is InChI=1S/C26H50O4/c1-21(2)19-29-25(27)18-16-14-12-10-8-7-9-11-13-15-17-24(23(5)6)26(28)30-20-22(3)4/h21-24H,7-20H2,1-6H3. The fourth-order valence-electron chi connectivity index (χ4n) is 3.46. The maximum Gasteiger partial charge on any atom is 0.309 e. The van der Waals surface area contributed by atoms with Crippen molar-refractivity contribution in [1.82, 2.24) is 0 Å². The van der Waals surface area contributed by atoms with Crippen molar-refractivity contribution < 1.29 is 19.1 Å². The Morgan fingerprint density at radius 3 is 1.50 bits per heavy atom. The highest BCUT2D eigenvalue weighted by Gasteiger charge is 2.23. The number of hydrogen-bond acceptors (Lipinski definition) is 4. The van der Waals surface area contributed by atoms with Crippen LogP contribution >= 0.6 is 0 Å². The molecule has 1 atom stereocenters. The van der Waals surface area contributed by atoms with Crippen LogP contribution in [0.15, 0.2) is 0 Å². The molecule has 0 fully saturated rings. The van der Waals surface area contributed by atoms with E-state index < -0.39 is 0 Å². The summed E-state index contributed by atoms with van der Waals surface area (Å²) in [6.07, 6.45) is 13.5. The number of carbonyl (C=O) groups is 2. The van der Waals surface area contributed by atoms with Crippen LogP contribution in [0.3, 0.4) is 0 Å². The maximum absolute atomic E-state index is 12.3. The van der Waals surface area contributed by atoms with E-state index in [1.54, 1.807) is 0 Å². The Labute approximate surface area is 186 Å². The van der Waals surface area contributed by atoms with Crippen LogP contribution in [0.4, 0.5) is 0 Å². The van der Waals surface area contributed by atoms with Crippen molar-refractivity contribution in [3.63, 3.8) is 0 Å². The summed E-state index contributed by atoms with van der Waals surface area (Å²) in [4.78, 5) is 23.8. The van der Waals surface area contributed by atoms with Crippen molar-refractivity contribution in [2.75, 3.05) is 13.2 Å². The molecule has 0 bridgehead atoms. The third kappa shape index (κ3) is 17.8. The van der Waals surface area contributed by atoms with E-state index in [9.17, 15) is 9.59 Å². The minimum absolute atomic E-state index is 0.00751. The molecule has 0 rings (SSSR count). The molecule has 0 heterocycles. The van der Waals surface area contributed by atoms with Crippen molar-refractivity contribution in [2.45, 2.75) is 119 Å². The second kappa shape index (κ2) is 18.7. The van der Waals surface area contributed by atoms with Crippen LogP contribution < -0.4 is 0 Å². The van der Waals surface area contributed by atoms with Gasteiger partial charge >= 0.3 is 11.9 Å². The zero-order valence-electron chi connectivity index (χ0n) is 20.8. The molecule has 0 aliphatic heterocycles. The highest BCUT2D eigenvalue weighted by atomic mass is 16.5. The number of rotatable bonds is 19. The molecule has 4 heteroatoms. The van der Waals surface area contributed by atoms with Crippen LogP contribution in [0.2, 0.25) is 0 Å². The number of unbranched alkanes of at least 4 members (excludes halogenated alkanes) is 9. The summed E-state index contributed by atoms with van der Waals surface area (Å²) >= 11 is 0. The van der Waals surface area contributed by atoms with Crippen molar-refractivity contribution in [1.29, 1.82) is 0 Å². The summed E-state index contributed by atoms with van der Waals surface area (Å²) in [5, 5.41) is 0. The van der Waals surface area contributed by atoms with Gasteiger partial charge in [0.15, 0.2) is 0 Å². The molecule has 0 aromatic carbocycles. The summed E-state index contributed by atoms with van der Waals surface area (Å²) in [6, 6.07) is 0. The summed E-state index contributed by atoms with van der Waals surface area (Å²) in [5.41, 5.74) is 0. The average Bonchev–Trinajstić information content (AvgIpc) is 2.67. The summed E-state index contributed by atoms with van der Waals surface area (Å²) in [6.45, 7) is 13.6. The van der Waals surface area contributed by atoms with Gasteiger partial charge in [0.05, 0.1) is 19.1 Å². The molecule has 0 amide bonds. The Kier molecular flexibility index (Phi) is 18.0. The van der Waals surface area contributed by atoms with Gasteiger partial charge in [-0.2, -0.15) is 0 Å². The number of carbonyl (C=O) groups excluding carboxylic acids is 2. The van der Waals surface area contributed by atoms with Crippen LogP contribution in [0, 0.1) is 23.7 Å². The monoisotopic (exact) mass is 426 g/mol. The fraction of sp³-hybridized carbons (Fsp3) is 0.923. The lowest BCUT2D eigenvalue weighted by Gasteiger charge is -2.20. The lowest BCUT2D eigenvalue weighted by molar-refractivity contribution is -0.151. The van der Waals surface area contributed by atoms with Crippen LogP contribution in [0.25, 0.3) is 0 Å². The predicted octanol–water partition coefficient (Wildman–Crippen LogP) is 7.34. The third-order valence-corrected chi connectivity index (χ3v) is 5.39. The molecule has 178 valence electrons. The average molecular weight is 427 g/mol. The Hall–Kier alpha value is -1.06. The highest BCUT2D eigenvalue weighted by molar-refractivity contribution is 5.72. The molecule has 0 aromatic rings. The van der Waals surface area contributed by atoms with Gasteiger partial charge < -0.3 is 9.47 Å². The normalized spacial score (nSPS) is 12.6. The predicted molar refractivity (Wildman–Crippen MR) is 125 cm³/mol. The van der Waals surface area contributed by atoms with E-state index in [1.807, 2.05) is 0 Å². The minimum Gasteiger partial charge on any atom is -0.465 e. The molecule has 0 saturated carbocycles. The second-order valence-electron chi connectivity index (χ2n) is 10.0. The largest absolute Gasteiger partial charge is 0.465 e. The number of ether oxygens (including phenoxy) is 2. The minimum atomic E-state index is -0.0448. The van der Waals surface area contributed by atoms with Crippen LogP contribution in [-0.2, 0) is 19.1 Å². The molecular formula is C26H50O4. The third-order valence-electron chi connectivity index (χ3n) is 5.39. The molecular weight excluding hydrogens is 376 g/mol. The molecule has 0 spiro atoms.